The van der Waals surface area contributed by atoms with E-state index in [4.69, 9.17) is 4.74 Å². The van der Waals surface area contributed by atoms with Gasteiger partial charge in [0.15, 0.2) is 0 Å². The first-order valence-electron chi connectivity index (χ1n) is 18.1. The maximum atomic E-state index is 11.9. The van der Waals surface area contributed by atoms with Gasteiger partial charge in [0, 0.05) is 70.4 Å². The summed E-state index contributed by atoms with van der Waals surface area (Å²) >= 11 is 0. The van der Waals surface area contributed by atoms with Gasteiger partial charge in [-0.1, -0.05) is 26.0 Å². The van der Waals surface area contributed by atoms with Crippen LogP contribution in [-0.4, -0.2) is 80.0 Å². The van der Waals surface area contributed by atoms with E-state index >= 15 is 0 Å². The Bertz CT molecular complexity index is 2340. The topological polar surface area (TPSA) is 138 Å². The second kappa shape index (κ2) is 16.3. The van der Waals surface area contributed by atoms with Crippen LogP contribution in [0.1, 0.15) is 53.9 Å². The number of likely N-dealkylation sites (tertiary alicyclic amines) is 1. The van der Waals surface area contributed by atoms with E-state index in [0.717, 1.165) is 80.9 Å². The molecule has 13 heteroatoms. The number of carbonyl (C=O) groups excluding carboxylic acids is 2. The van der Waals surface area contributed by atoms with E-state index in [2.05, 4.69) is 56.9 Å². The monoisotopic (exact) mass is 726 g/mol. The van der Waals surface area contributed by atoms with Crippen LogP contribution in [0.2, 0.25) is 0 Å². The summed E-state index contributed by atoms with van der Waals surface area (Å²) in [6.45, 7) is 7.48. The third-order valence-electron chi connectivity index (χ3n) is 10.0. The highest BCUT2D eigenvalue weighted by Crippen LogP contribution is 2.34. The molecule has 13 nitrogen and oxygen atoms in total. The van der Waals surface area contributed by atoms with Crippen molar-refractivity contribution in [3.63, 3.8) is 0 Å². The number of nitrogens with zero attached hydrogens (tertiary/aromatic N) is 10. The number of aromatic nitrogens is 6. The number of hydrogen-bond acceptors (Lipinski definition) is 11. The predicted octanol–water partition coefficient (Wildman–Crippen LogP) is 6.47. The lowest BCUT2D eigenvalue weighted by Gasteiger charge is -2.40. The number of esters is 1. The summed E-state index contributed by atoms with van der Waals surface area (Å²) in [5.41, 5.74) is 9.82. The molecule has 5 heterocycles. The van der Waals surface area contributed by atoms with Crippen LogP contribution in [0.15, 0.2) is 73.6 Å². The molecule has 6 aromatic rings. The molecule has 278 valence electrons. The summed E-state index contributed by atoms with van der Waals surface area (Å²) in [7, 11) is 7.92. The van der Waals surface area contributed by atoms with Crippen molar-refractivity contribution < 1.29 is 14.3 Å². The number of benzene rings is 2. The summed E-state index contributed by atoms with van der Waals surface area (Å²) in [4.78, 5) is 46.7. The van der Waals surface area contributed by atoms with Gasteiger partial charge in [-0.3, -0.25) is 14.5 Å². The fraction of sp³-hybridized carbons (Fsp3) is 0.341. The molecule has 0 N–H and O–H groups in total. The van der Waals surface area contributed by atoms with E-state index in [9.17, 15) is 14.9 Å². The van der Waals surface area contributed by atoms with Gasteiger partial charge < -0.3 is 23.7 Å². The minimum absolute atomic E-state index is 0.144. The van der Waals surface area contributed by atoms with Gasteiger partial charge in [0.05, 0.1) is 54.7 Å². The van der Waals surface area contributed by atoms with Crippen molar-refractivity contribution in [3.05, 3.63) is 95.8 Å². The molecular formula is C41H46N10O3. The largest absolute Gasteiger partial charge is 0.466 e. The smallest absolute Gasteiger partial charge is 0.311 e. The first kappa shape index (κ1) is 37.6. The minimum atomic E-state index is -0.380. The second-order valence-electron chi connectivity index (χ2n) is 13.4. The van der Waals surface area contributed by atoms with Gasteiger partial charge in [-0.25, -0.2) is 19.9 Å². The van der Waals surface area contributed by atoms with Crippen LogP contribution in [0.5, 0.6) is 0 Å². The van der Waals surface area contributed by atoms with Crippen LogP contribution in [0.3, 0.4) is 0 Å². The fourth-order valence-electron chi connectivity index (χ4n) is 6.83. The molecule has 2 aromatic carbocycles. The van der Waals surface area contributed by atoms with Crippen molar-refractivity contribution in [3.8, 4) is 6.07 Å². The summed E-state index contributed by atoms with van der Waals surface area (Å²) in [6.07, 6.45) is 9.70. The zero-order valence-corrected chi connectivity index (χ0v) is 31.9. The molecule has 1 aliphatic heterocycles. The first-order valence-corrected chi connectivity index (χ1v) is 18.1. The van der Waals surface area contributed by atoms with E-state index < -0.39 is 0 Å². The summed E-state index contributed by atoms with van der Waals surface area (Å²) in [6, 6.07) is 18.0. The van der Waals surface area contributed by atoms with Gasteiger partial charge in [0.25, 0.3) is 0 Å². The number of pyridine rings is 2. The number of hydrogen-bond donors (Lipinski definition) is 0. The quantitative estimate of drug-likeness (QED) is 0.107. The van der Waals surface area contributed by atoms with Gasteiger partial charge in [0.2, 0.25) is 0 Å². The third kappa shape index (κ3) is 7.51. The highest BCUT2D eigenvalue weighted by atomic mass is 16.5. The molecule has 0 radical (unpaired) electrons. The molecule has 0 bridgehead atoms. The SMILES string of the molecule is CCOC(=O)C1CN(C(C#N)c2ccc(N(C)c3cc4c(cn3)ncn4C)c(CC)c2)C1.CCc1cc(C=O)ccc1N(C)c1cc2c(cn1)ncn2C. The van der Waals surface area contributed by atoms with E-state index in [-0.39, 0.29) is 17.9 Å². The Hall–Kier alpha value is -6.13. The maximum Gasteiger partial charge on any atom is 0.311 e. The number of nitriles is 1. The number of ether oxygens (including phenoxy) is 1. The minimum Gasteiger partial charge on any atom is -0.466 e. The standard InChI is InChI=1S/C24H28N6O2.C17H18N4O/c1-5-16-9-17(22(11-25)30-13-18(14-30)24(31)32-6-2)7-8-20(16)29(4)23-10-21-19(12-26-23)27-15-28(21)3;1-4-13-7-12(10-22)5-6-15(13)21(3)17-8-16-14(9-18-17)19-11-20(16)2/h7-10,12,15,18,22H,5-6,13-14H2,1-4H3;5-11H,4H2,1-3H3. The Kier molecular flexibility index (Phi) is 11.3. The van der Waals surface area contributed by atoms with Crippen LogP contribution in [-0.2, 0) is 36.5 Å². The Morgan fingerprint density at radius 2 is 1.39 bits per heavy atom. The Labute approximate surface area is 315 Å². The fourth-order valence-corrected chi connectivity index (χ4v) is 6.83. The van der Waals surface area contributed by atoms with Gasteiger partial charge in [-0.15, -0.1) is 0 Å². The molecule has 54 heavy (non-hydrogen) atoms. The van der Waals surface area contributed by atoms with Crippen molar-refractivity contribution in [1.82, 2.24) is 34.0 Å². The highest BCUT2D eigenvalue weighted by molar-refractivity contribution is 5.81. The highest BCUT2D eigenvalue weighted by Gasteiger charge is 2.38. The lowest BCUT2D eigenvalue weighted by Crippen LogP contribution is -2.51. The van der Waals surface area contributed by atoms with Crippen LogP contribution in [0, 0.1) is 17.2 Å². The molecule has 7 rings (SSSR count). The molecule has 1 aliphatic rings. The Morgan fingerprint density at radius 1 is 0.852 bits per heavy atom. The average molecular weight is 727 g/mol. The zero-order valence-electron chi connectivity index (χ0n) is 31.9. The molecule has 0 spiro atoms. The van der Waals surface area contributed by atoms with E-state index in [1.807, 2.05) is 90.4 Å². The Balaban J connectivity index is 0.000000197. The zero-order chi connectivity index (χ0) is 38.5. The molecule has 4 aromatic heterocycles. The van der Waals surface area contributed by atoms with Gasteiger partial charge in [0.1, 0.15) is 35.0 Å². The third-order valence-corrected chi connectivity index (χ3v) is 10.0. The van der Waals surface area contributed by atoms with Gasteiger partial charge in [-0.2, -0.15) is 5.26 Å². The summed E-state index contributed by atoms with van der Waals surface area (Å²) in [5, 5.41) is 9.83. The van der Waals surface area contributed by atoms with Crippen LogP contribution in [0.4, 0.5) is 23.0 Å². The maximum absolute atomic E-state index is 11.9. The van der Waals surface area contributed by atoms with E-state index in [1.165, 1.54) is 0 Å². The van der Waals surface area contributed by atoms with E-state index in [0.29, 0.717) is 25.3 Å². The van der Waals surface area contributed by atoms with Crippen molar-refractivity contribution in [1.29, 1.82) is 5.26 Å². The summed E-state index contributed by atoms with van der Waals surface area (Å²) in [5.74, 6) is 1.37. The van der Waals surface area contributed by atoms with Crippen molar-refractivity contribution in [2.24, 2.45) is 20.0 Å². The first-order chi connectivity index (χ1) is 26.1. The van der Waals surface area contributed by atoms with Crippen molar-refractivity contribution in [2.75, 3.05) is 43.6 Å². The number of rotatable bonds is 11. The van der Waals surface area contributed by atoms with Crippen molar-refractivity contribution >= 4 is 57.3 Å². The van der Waals surface area contributed by atoms with Gasteiger partial charge in [-0.05, 0) is 60.7 Å². The van der Waals surface area contributed by atoms with Crippen LogP contribution in [0.25, 0.3) is 22.1 Å². The number of aldehydes is 1. The molecule has 1 fully saturated rings. The molecule has 1 saturated heterocycles. The lowest BCUT2D eigenvalue weighted by molar-refractivity contribution is -0.154. The predicted molar refractivity (Wildman–Crippen MR) is 210 cm³/mol. The molecule has 1 atom stereocenters. The van der Waals surface area contributed by atoms with Gasteiger partial charge >= 0.3 is 5.97 Å². The van der Waals surface area contributed by atoms with Crippen LogP contribution < -0.4 is 9.80 Å². The van der Waals surface area contributed by atoms with Crippen molar-refractivity contribution in [2.45, 2.75) is 39.7 Å². The van der Waals surface area contributed by atoms with Crippen LogP contribution >= 0.6 is 0 Å². The number of imidazole rings is 2. The molecule has 0 amide bonds. The molecular weight excluding hydrogens is 681 g/mol. The normalized spacial score (nSPS) is 13.4. The number of anilines is 4. The molecule has 0 aliphatic carbocycles. The summed E-state index contributed by atoms with van der Waals surface area (Å²) < 4.78 is 9.05. The molecule has 1 unspecified atom stereocenters. The second-order valence-corrected chi connectivity index (χ2v) is 13.4. The number of fused-ring (bicyclic) bond motifs is 2. The number of aryl methyl sites for hydroxylation is 4. The Morgan fingerprint density at radius 3 is 1.89 bits per heavy atom. The average Bonchev–Trinajstić information content (AvgIpc) is 3.75. The number of carbonyl (C=O) groups is 2. The molecule has 0 saturated carbocycles. The lowest BCUT2D eigenvalue weighted by atomic mass is 9.93. The van der Waals surface area contributed by atoms with E-state index in [1.54, 1.807) is 25.0 Å².